The Morgan fingerprint density at radius 2 is 2.54 bits per heavy atom. The highest BCUT2D eigenvalue weighted by Gasteiger charge is 2.54. The molecule has 1 fully saturated rings. The van der Waals surface area contributed by atoms with E-state index in [1.165, 1.54) is 0 Å². The molecule has 2 aliphatic carbocycles. The number of fused-ring (bicyclic) bond motifs is 1. The van der Waals surface area contributed by atoms with Gasteiger partial charge in [-0.3, -0.25) is 4.79 Å². The maximum Gasteiger partial charge on any atom is 0.165 e. The van der Waals surface area contributed by atoms with Gasteiger partial charge in [-0.05, 0) is 19.3 Å². The monoisotopic (exact) mass is 180 g/mol. The molecule has 0 N–H and O–H groups in total. The van der Waals surface area contributed by atoms with Gasteiger partial charge in [-0.2, -0.15) is 0 Å². The molecule has 1 saturated carbocycles. The lowest BCUT2D eigenvalue weighted by molar-refractivity contribution is -0.173. The molecule has 2 rings (SSSR count). The number of ketones is 1. The predicted octanol–water partition coefficient (Wildman–Crippen LogP) is 2.09. The predicted molar refractivity (Wildman–Crippen MR) is 50.5 cm³/mol. The molecule has 72 valence electrons. The summed E-state index contributed by atoms with van der Waals surface area (Å²) in [5, 5.41) is 0. The molecule has 2 aliphatic rings. The number of carbonyl (C=O) groups is 1. The zero-order valence-electron chi connectivity index (χ0n) is 8.08. The van der Waals surface area contributed by atoms with Crippen LogP contribution in [0.4, 0.5) is 0 Å². The molecule has 0 radical (unpaired) electrons. The van der Waals surface area contributed by atoms with E-state index in [-0.39, 0.29) is 0 Å². The van der Waals surface area contributed by atoms with Crippen LogP contribution in [0.5, 0.6) is 0 Å². The minimum Gasteiger partial charge on any atom is -0.367 e. The van der Waals surface area contributed by atoms with Gasteiger partial charge in [0.2, 0.25) is 0 Å². The van der Waals surface area contributed by atoms with Crippen molar-refractivity contribution in [3.8, 4) is 0 Å². The van der Waals surface area contributed by atoms with Crippen LogP contribution in [0, 0.1) is 5.92 Å². The van der Waals surface area contributed by atoms with Gasteiger partial charge in [0.15, 0.2) is 5.78 Å². The van der Waals surface area contributed by atoms with E-state index in [0.29, 0.717) is 18.1 Å². The molecule has 0 amide bonds. The Labute approximate surface area is 79.0 Å². The lowest BCUT2D eigenvalue weighted by Gasteiger charge is -2.48. The fourth-order valence-electron chi connectivity index (χ4n) is 2.26. The van der Waals surface area contributed by atoms with Gasteiger partial charge in [0, 0.05) is 18.9 Å². The van der Waals surface area contributed by atoms with Crippen LogP contribution in [0.25, 0.3) is 0 Å². The number of Topliss-reactive ketones (excluding diaryl/α,β-unsaturated/α-hetero) is 1. The summed E-state index contributed by atoms with van der Waals surface area (Å²) in [5.41, 5.74) is -0.398. The Hall–Kier alpha value is -0.630. The van der Waals surface area contributed by atoms with Gasteiger partial charge in [-0.25, -0.2) is 0 Å². The maximum atomic E-state index is 11.5. The third-order valence-electron chi connectivity index (χ3n) is 3.09. The van der Waals surface area contributed by atoms with E-state index in [2.05, 4.69) is 19.1 Å². The number of allylic oxidation sites excluding steroid dienone is 1. The fraction of sp³-hybridized carbons (Fsp3) is 0.727. The van der Waals surface area contributed by atoms with Crippen LogP contribution in [-0.4, -0.2) is 18.0 Å². The standard InChI is InChI=1S/C11H16O2/c1-2-7-13-11-6-4-3-5-9(11)8-10(11)12/h3,5,9H,2,4,6-8H2,1H3. The molecule has 0 spiro atoms. The topological polar surface area (TPSA) is 26.3 Å². The van der Waals surface area contributed by atoms with E-state index in [0.717, 1.165) is 25.9 Å². The lowest BCUT2D eigenvalue weighted by atomic mass is 9.63. The minimum absolute atomic E-state index is 0.315. The van der Waals surface area contributed by atoms with Crippen LogP contribution in [0.2, 0.25) is 0 Å². The van der Waals surface area contributed by atoms with Crippen molar-refractivity contribution in [3.05, 3.63) is 12.2 Å². The summed E-state index contributed by atoms with van der Waals surface area (Å²) in [7, 11) is 0. The Kier molecular flexibility index (Phi) is 2.24. The third-order valence-corrected chi connectivity index (χ3v) is 3.09. The smallest absolute Gasteiger partial charge is 0.165 e. The number of hydrogen-bond acceptors (Lipinski definition) is 2. The quantitative estimate of drug-likeness (QED) is 0.622. The second-order valence-electron chi connectivity index (χ2n) is 3.94. The molecule has 13 heavy (non-hydrogen) atoms. The van der Waals surface area contributed by atoms with E-state index < -0.39 is 5.60 Å². The van der Waals surface area contributed by atoms with Crippen molar-refractivity contribution in [3.63, 3.8) is 0 Å². The summed E-state index contributed by atoms with van der Waals surface area (Å²) < 4.78 is 5.73. The largest absolute Gasteiger partial charge is 0.367 e. The summed E-state index contributed by atoms with van der Waals surface area (Å²) in [6, 6.07) is 0. The van der Waals surface area contributed by atoms with Gasteiger partial charge >= 0.3 is 0 Å². The highest BCUT2D eigenvalue weighted by atomic mass is 16.5. The van der Waals surface area contributed by atoms with E-state index in [1.54, 1.807) is 0 Å². The first-order valence-corrected chi connectivity index (χ1v) is 5.13. The second-order valence-corrected chi connectivity index (χ2v) is 3.94. The maximum absolute atomic E-state index is 11.5. The molecule has 0 aromatic heterocycles. The first-order valence-electron chi connectivity index (χ1n) is 5.13. The van der Waals surface area contributed by atoms with Crippen LogP contribution in [0.1, 0.15) is 32.6 Å². The molecule has 0 aromatic rings. The van der Waals surface area contributed by atoms with Crippen molar-refractivity contribution in [2.45, 2.75) is 38.2 Å². The lowest BCUT2D eigenvalue weighted by Crippen LogP contribution is -2.58. The average Bonchev–Trinajstić information content (AvgIpc) is 2.15. The Morgan fingerprint density at radius 3 is 3.15 bits per heavy atom. The summed E-state index contributed by atoms with van der Waals surface area (Å²) in [6.45, 7) is 2.80. The SMILES string of the molecule is CCCOC12CCC=CC1CC2=O. The average molecular weight is 180 g/mol. The zero-order valence-corrected chi connectivity index (χ0v) is 8.08. The van der Waals surface area contributed by atoms with E-state index in [4.69, 9.17) is 4.74 Å². The van der Waals surface area contributed by atoms with Gasteiger partial charge in [-0.1, -0.05) is 19.1 Å². The van der Waals surface area contributed by atoms with Gasteiger partial charge in [-0.15, -0.1) is 0 Å². The Bertz CT molecular complexity index is 244. The first kappa shape index (κ1) is 8.95. The number of rotatable bonds is 3. The highest BCUT2D eigenvalue weighted by molar-refractivity contribution is 5.95. The Balaban J connectivity index is 2.08. The van der Waals surface area contributed by atoms with Crippen molar-refractivity contribution in [1.29, 1.82) is 0 Å². The van der Waals surface area contributed by atoms with E-state index >= 15 is 0 Å². The molecule has 2 heteroatoms. The van der Waals surface area contributed by atoms with Crippen LogP contribution in [0.3, 0.4) is 0 Å². The minimum atomic E-state index is -0.398. The molecule has 0 bridgehead atoms. The summed E-state index contributed by atoms with van der Waals surface area (Å²) in [6.07, 6.45) is 7.90. The van der Waals surface area contributed by atoms with Crippen molar-refractivity contribution in [2.75, 3.05) is 6.61 Å². The molecular formula is C11H16O2. The summed E-state index contributed by atoms with van der Waals surface area (Å²) >= 11 is 0. The highest BCUT2D eigenvalue weighted by Crippen LogP contribution is 2.45. The number of hydrogen-bond donors (Lipinski definition) is 0. The fourth-order valence-corrected chi connectivity index (χ4v) is 2.26. The molecule has 2 nitrogen and oxygen atoms in total. The summed E-state index contributed by atoms with van der Waals surface area (Å²) in [4.78, 5) is 11.5. The third kappa shape index (κ3) is 1.24. The van der Waals surface area contributed by atoms with Crippen molar-refractivity contribution in [2.24, 2.45) is 5.92 Å². The second kappa shape index (κ2) is 3.26. The number of ether oxygens (including phenoxy) is 1. The van der Waals surface area contributed by atoms with Crippen molar-refractivity contribution < 1.29 is 9.53 Å². The molecule has 2 atom stereocenters. The van der Waals surface area contributed by atoms with Crippen LogP contribution < -0.4 is 0 Å². The van der Waals surface area contributed by atoms with E-state index in [1.807, 2.05) is 0 Å². The zero-order chi connectivity index (χ0) is 9.31. The molecule has 0 aliphatic heterocycles. The summed E-state index contributed by atoms with van der Waals surface area (Å²) in [5.74, 6) is 0.690. The normalized spacial score (nSPS) is 37.0. The van der Waals surface area contributed by atoms with Crippen LogP contribution in [0.15, 0.2) is 12.2 Å². The molecule has 0 aromatic carbocycles. The Morgan fingerprint density at radius 1 is 1.69 bits per heavy atom. The van der Waals surface area contributed by atoms with Gasteiger partial charge in [0.05, 0.1) is 0 Å². The van der Waals surface area contributed by atoms with Gasteiger partial charge < -0.3 is 4.74 Å². The van der Waals surface area contributed by atoms with Crippen molar-refractivity contribution in [1.82, 2.24) is 0 Å². The first-order chi connectivity index (χ1) is 6.29. The van der Waals surface area contributed by atoms with E-state index in [9.17, 15) is 4.79 Å². The number of carbonyl (C=O) groups excluding carboxylic acids is 1. The van der Waals surface area contributed by atoms with Crippen LogP contribution >= 0.6 is 0 Å². The molecule has 0 saturated heterocycles. The van der Waals surface area contributed by atoms with Gasteiger partial charge in [0.25, 0.3) is 0 Å². The molecule has 2 unspecified atom stereocenters. The molecular weight excluding hydrogens is 164 g/mol. The van der Waals surface area contributed by atoms with Crippen LogP contribution in [-0.2, 0) is 9.53 Å². The van der Waals surface area contributed by atoms with Crippen molar-refractivity contribution >= 4 is 5.78 Å². The molecule has 0 heterocycles. The van der Waals surface area contributed by atoms with Gasteiger partial charge in [0.1, 0.15) is 5.60 Å².